The number of hydrogen-bond acceptors (Lipinski definition) is 2. The normalized spacial score (nSPS) is 23.1. The van der Waals surface area contributed by atoms with E-state index in [1.54, 1.807) is 0 Å². The van der Waals surface area contributed by atoms with Crippen molar-refractivity contribution in [2.75, 3.05) is 0 Å². The quantitative estimate of drug-likeness (QED) is 0.827. The second-order valence-electron chi connectivity index (χ2n) is 4.79. The molecular formula is C14H19NO. The van der Waals surface area contributed by atoms with E-state index in [1.165, 1.54) is 5.56 Å². The number of ketones is 1. The van der Waals surface area contributed by atoms with Crippen LogP contribution in [0.2, 0.25) is 0 Å². The number of hydrogen-bond donors (Lipinski definition) is 1. The van der Waals surface area contributed by atoms with Crippen LogP contribution in [0.5, 0.6) is 0 Å². The summed E-state index contributed by atoms with van der Waals surface area (Å²) >= 11 is 0. The Bertz CT molecular complexity index is 384. The van der Waals surface area contributed by atoms with Gasteiger partial charge in [0.05, 0.1) is 0 Å². The molecule has 0 aliphatic heterocycles. The van der Waals surface area contributed by atoms with E-state index in [0.717, 1.165) is 24.8 Å². The molecule has 1 fully saturated rings. The maximum Gasteiger partial charge on any atom is 0.133 e. The molecule has 2 N–H and O–H groups in total. The van der Waals surface area contributed by atoms with Gasteiger partial charge in [-0.3, -0.25) is 4.79 Å². The highest BCUT2D eigenvalue weighted by Crippen LogP contribution is 2.31. The number of nitrogens with two attached hydrogens (primary N) is 1. The molecule has 1 saturated carbocycles. The molecule has 1 aromatic carbocycles. The Labute approximate surface area is 96.8 Å². The van der Waals surface area contributed by atoms with Gasteiger partial charge in [0.1, 0.15) is 5.78 Å². The minimum Gasteiger partial charge on any atom is -0.324 e. The van der Waals surface area contributed by atoms with Crippen LogP contribution < -0.4 is 5.73 Å². The van der Waals surface area contributed by atoms with Crippen LogP contribution in [0.15, 0.2) is 24.3 Å². The first-order valence-electron chi connectivity index (χ1n) is 6.04. The van der Waals surface area contributed by atoms with E-state index >= 15 is 0 Å². The SMILES string of the molecule is CC(N)c1cccc(C2CCCC(=O)C2)c1. The molecule has 2 atom stereocenters. The molecule has 0 radical (unpaired) electrons. The van der Waals surface area contributed by atoms with Crippen molar-refractivity contribution in [2.24, 2.45) is 5.73 Å². The van der Waals surface area contributed by atoms with Gasteiger partial charge in [0.2, 0.25) is 0 Å². The van der Waals surface area contributed by atoms with Crippen LogP contribution in [-0.4, -0.2) is 5.78 Å². The van der Waals surface area contributed by atoms with Gasteiger partial charge >= 0.3 is 0 Å². The van der Waals surface area contributed by atoms with Gasteiger partial charge in [-0.15, -0.1) is 0 Å². The lowest BCUT2D eigenvalue weighted by Gasteiger charge is -2.22. The van der Waals surface area contributed by atoms with E-state index in [1.807, 2.05) is 13.0 Å². The van der Waals surface area contributed by atoms with Gasteiger partial charge in [-0.25, -0.2) is 0 Å². The van der Waals surface area contributed by atoms with Gasteiger partial charge in [0.25, 0.3) is 0 Å². The Morgan fingerprint density at radius 3 is 2.94 bits per heavy atom. The summed E-state index contributed by atoms with van der Waals surface area (Å²) in [5.74, 6) is 0.822. The molecule has 1 aliphatic carbocycles. The smallest absolute Gasteiger partial charge is 0.133 e. The Hall–Kier alpha value is -1.15. The molecule has 2 rings (SSSR count). The van der Waals surface area contributed by atoms with Crippen LogP contribution in [0.4, 0.5) is 0 Å². The second-order valence-corrected chi connectivity index (χ2v) is 4.79. The Morgan fingerprint density at radius 1 is 1.44 bits per heavy atom. The molecule has 0 aromatic heterocycles. The molecule has 0 heterocycles. The first-order chi connectivity index (χ1) is 7.66. The maximum atomic E-state index is 11.4. The van der Waals surface area contributed by atoms with Gasteiger partial charge < -0.3 is 5.73 Å². The van der Waals surface area contributed by atoms with Crippen molar-refractivity contribution in [1.82, 2.24) is 0 Å². The fourth-order valence-corrected chi connectivity index (χ4v) is 2.41. The summed E-state index contributed by atoms with van der Waals surface area (Å²) in [5, 5.41) is 0. The van der Waals surface area contributed by atoms with Gasteiger partial charge in [-0.05, 0) is 36.8 Å². The molecule has 2 heteroatoms. The summed E-state index contributed by atoms with van der Waals surface area (Å²) in [4.78, 5) is 11.4. The number of carbonyl (C=O) groups excluding carboxylic acids is 1. The zero-order chi connectivity index (χ0) is 11.5. The van der Waals surface area contributed by atoms with Crippen LogP contribution >= 0.6 is 0 Å². The fourth-order valence-electron chi connectivity index (χ4n) is 2.41. The number of Topliss-reactive ketones (excluding diaryl/α,β-unsaturated/α-hetero) is 1. The zero-order valence-corrected chi connectivity index (χ0v) is 9.78. The van der Waals surface area contributed by atoms with Gasteiger partial charge in [0.15, 0.2) is 0 Å². The van der Waals surface area contributed by atoms with Crippen molar-refractivity contribution in [2.45, 2.75) is 44.6 Å². The molecule has 0 saturated heterocycles. The molecule has 1 aromatic rings. The third-order valence-corrected chi connectivity index (χ3v) is 3.39. The van der Waals surface area contributed by atoms with Crippen LogP contribution in [0.3, 0.4) is 0 Å². The van der Waals surface area contributed by atoms with E-state index in [0.29, 0.717) is 18.1 Å². The predicted octanol–water partition coefficient (Wildman–Crippen LogP) is 2.93. The second kappa shape index (κ2) is 4.79. The molecule has 0 bridgehead atoms. The molecule has 86 valence electrons. The zero-order valence-electron chi connectivity index (χ0n) is 9.78. The average molecular weight is 217 g/mol. The van der Waals surface area contributed by atoms with Gasteiger partial charge in [-0.1, -0.05) is 24.3 Å². The van der Waals surface area contributed by atoms with Crippen molar-refractivity contribution in [1.29, 1.82) is 0 Å². The van der Waals surface area contributed by atoms with Crippen LogP contribution in [0.1, 0.15) is 55.7 Å². The summed E-state index contributed by atoms with van der Waals surface area (Å²) in [5.41, 5.74) is 8.32. The molecule has 2 unspecified atom stereocenters. The largest absolute Gasteiger partial charge is 0.324 e. The number of rotatable bonds is 2. The first kappa shape index (κ1) is 11.3. The van der Waals surface area contributed by atoms with Gasteiger partial charge in [-0.2, -0.15) is 0 Å². The van der Waals surface area contributed by atoms with Crippen molar-refractivity contribution >= 4 is 5.78 Å². The third kappa shape index (κ3) is 2.50. The predicted molar refractivity (Wildman–Crippen MR) is 65.3 cm³/mol. The summed E-state index contributed by atoms with van der Waals surface area (Å²) in [6, 6.07) is 8.45. The van der Waals surface area contributed by atoms with E-state index in [9.17, 15) is 4.79 Å². The van der Waals surface area contributed by atoms with E-state index < -0.39 is 0 Å². The first-order valence-corrected chi connectivity index (χ1v) is 6.04. The van der Waals surface area contributed by atoms with Crippen molar-refractivity contribution < 1.29 is 4.79 Å². The van der Waals surface area contributed by atoms with Crippen molar-refractivity contribution in [3.05, 3.63) is 35.4 Å². The highest BCUT2D eigenvalue weighted by atomic mass is 16.1. The van der Waals surface area contributed by atoms with E-state index in [2.05, 4.69) is 18.2 Å². The molecule has 16 heavy (non-hydrogen) atoms. The standard InChI is InChI=1S/C14H19NO/c1-10(15)11-4-2-5-12(8-11)13-6-3-7-14(16)9-13/h2,4-5,8,10,13H,3,6-7,9,15H2,1H3. The van der Waals surface area contributed by atoms with E-state index in [4.69, 9.17) is 5.73 Å². The molecule has 1 aliphatic rings. The van der Waals surface area contributed by atoms with Crippen LogP contribution in [0.25, 0.3) is 0 Å². The molecule has 0 amide bonds. The lowest BCUT2D eigenvalue weighted by atomic mass is 9.82. The maximum absolute atomic E-state index is 11.4. The number of benzene rings is 1. The summed E-state index contributed by atoms with van der Waals surface area (Å²) in [6.07, 6.45) is 3.64. The minimum absolute atomic E-state index is 0.0687. The Balaban J connectivity index is 2.19. The van der Waals surface area contributed by atoms with Crippen LogP contribution in [-0.2, 0) is 4.79 Å². The highest BCUT2D eigenvalue weighted by molar-refractivity contribution is 5.80. The summed E-state index contributed by atoms with van der Waals surface area (Å²) in [6.45, 7) is 1.99. The Morgan fingerprint density at radius 2 is 2.25 bits per heavy atom. The number of carbonyl (C=O) groups is 1. The lowest BCUT2D eigenvalue weighted by molar-refractivity contribution is -0.120. The minimum atomic E-state index is 0.0687. The average Bonchev–Trinajstić information content (AvgIpc) is 2.29. The molecule has 2 nitrogen and oxygen atoms in total. The fraction of sp³-hybridized carbons (Fsp3) is 0.500. The molecular weight excluding hydrogens is 198 g/mol. The highest BCUT2D eigenvalue weighted by Gasteiger charge is 2.21. The van der Waals surface area contributed by atoms with Crippen molar-refractivity contribution in [3.63, 3.8) is 0 Å². The summed E-state index contributed by atoms with van der Waals surface area (Å²) in [7, 11) is 0. The van der Waals surface area contributed by atoms with Crippen molar-refractivity contribution in [3.8, 4) is 0 Å². The summed E-state index contributed by atoms with van der Waals surface area (Å²) < 4.78 is 0. The van der Waals surface area contributed by atoms with Gasteiger partial charge in [0, 0.05) is 18.9 Å². The third-order valence-electron chi connectivity index (χ3n) is 3.39. The van der Waals surface area contributed by atoms with E-state index in [-0.39, 0.29) is 6.04 Å². The molecule has 0 spiro atoms. The Kier molecular flexibility index (Phi) is 3.39. The lowest BCUT2D eigenvalue weighted by Crippen LogP contribution is -2.14. The monoisotopic (exact) mass is 217 g/mol. The van der Waals surface area contributed by atoms with Crippen LogP contribution in [0, 0.1) is 0 Å². The topological polar surface area (TPSA) is 43.1 Å².